The summed E-state index contributed by atoms with van der Waals surface area (Å²) in [5, 5.41) is 1.19. The van der Waals surface area contributed by atoms with E-state index in [9.17, 15) is 9.59 Å². The van der Waals surface area contributed by atoms with Gasteiger partial charge in [-0.15, -0.1) is 0 Å². The molecule has 2 aliphatic rings. The molecule has 182 valence electrons. The lowest BCUT2D eigenvalue weighted by molar-refractivity contribution is -0.136. The first-order valence-electron chi connectivity index (χ1n) is 12.4. The maximum absolute atomic E-state index is 12.7. The fourth-order valence-electron chi connectivity index (χ4n) is 5.74. The standard InChI is InChI=1S/C28H34Cl2N2O2/c1-19(33)22-4-6-23(7-5-22)24-8-10-25(11-9-24)32(20(2)34)26-13-15-31(16-14-26)18-21-3-12-27(29)28(30)17-21/h3-7,12,17,24-26H,8-11,13-16,18H2,1-2H3. The van der Waals surface area contributed by atoms with Gasteiger partial charge in [-0.25, -0.2) is 0 Å². The molecule has 0 atom stereocenters. The average molecular weight is 501 g/mol. The van der Waals surface area contributed by atoms with E-state index in [1.54, 1.807) is 13.8 Å². The molecule has 0 N–H and O–H groups in total. The van der Waals surface area contributed by atoms with Crippen LogP contribution in [0.3, 0.4) is 0 Å². The highest BCUT2D eigenvalue weighted by atomic mass is 35.5. The Kier molecular flexibility index (Phi) is 8.34. The van der Waals surface area contributed by atoms with Crippen LogP contribution in [0.15, 0.2) is 42.5 Å². The van der Waals surface area contributed by atoms with Crippen molar-refractivity contribution in [2.45, 2.75) is 76.9 Å². The third-order valence-corrected chi connectivity index (χ3v) is 8.32. The molecule has 4 nitrogen and oxygen atoms in total. The Balaban J connectivity index is 1.31. The average Bonchev–Trinajstić information content (AvgIpc) is 2.83. The molecule has 1 amide bonds. The Morgan fingerprint density at radius 2 is 1.47 bits per heavy atom. The molecule has 0 aromatic heterocycles. The van der Waals surface area contributed by atoms with Crippen LogP contribution < -0.4 is 0 Å². The van der Waals surface area contributed by atoms with Crippen LogP contribution in [-0.4, -0.2) is 46.7 Å². The summed E-state index contributed by atoms with van der Waals surface area (Å²) in [6.45, 7) is 6.15. The minimum absolute atomic E-state index is 0.107. The van der Waals surface area contributed by atoms with Gasteiger partial charge in [-0.2, -0.15) is 0 Å². The van der Waals surface area contributed by atoms with Gasteiger partial charge in [0.1, 0.15) is 0 Å². The van der Waals surface area contributed by atoms with E-state index in [0.717, 1.165) is 63.7 Å². The van der Waals surface area contributed by atoms with E-state index in [-0.39, 0.29) is 11.7 Å². The molecule has 2 aromatic rings. The highest BCUT2D eigenvalue weighted by Crippen LogP contribution is 2.36. The Morgan fingerprint density at radius 1 is 0.853 bits per heavy atom. The van der Waals surface area contributed by atoms with Gasteiger partial charge in [-0.1, -0.05) is 53.5 Å². The number of halogens is 2. The summed E-state index contributed by atoms with van der Waals surface area (Å²) in [7, 11) is 0. The number of hydrogen-bond donors (Lipinski definition) is 0. The Morgan fingerprint density at radius 3 is 2.03 bits per heavy atom. The first kappa shape index (κ1) is 25.2. The van der Waals surface area contributed by atoms with Crippen LogP contribution in [0.5, 0.6) is 0 Å². The van der Waals surface area contributed by atoms with Crippen molar-refractivity contribution in [3.8, 4) is 0 Å². The first-order chi connectivity index (χ1) is 16.3. The normalized spacial score (nSPS) is 21.9. The van der Waals surface area contributed by atoms with Crippen LogP contribution in [0.25, 0.3) is 0 Å². The van der Waals surface area contributed by atoms with E-state index < -0.39 is 0 Å². The van der Waals surface area contributed by atoms with Crippen molar-refractivity contribution >= 4 is 34.9 Å². The van der Waals surface area contributed by atoms with Crippen LogP contribution in [0.1, 0.15) is 79.8 Å². The van der Waals surface area contributed by atoms with Crippen LogP contribution in [0.4, 0.5) is 0 Å². The van der Waals surface area contributed by atoms with Gasteiger partial charge in [-0.05, 0) is 74.6 Å². The van der Waals surface area contributed by atoms with Crippen LogP contribution in [-0.2, 0) is 11.3 Å². The van der Waals surface area contributed by atoms with Gasteiger partial charge < -0.3 is 4.90 Å². The largest absolute Gasteiger partial charge is 0.337 e. The summed E-state index contributed by atoms with van der Waals surface area (Å²) < 4.78 is 0. The molecular formula is C28H34Cl2N2O2. The number of likely N-dealkylation sites (tertiary alicyclic amines) is 1. The fourth-order valence-corrected chi connectivity index (χ4v) is 6.06. The number of carbonyl (C=O) groups is 2. The third kappa shape index (κ3) is 6.02. The van der Waals surface area contributed by atoms with Gasteiger partial charge in [0.15, 0.2) is 5.78 Å². The number of benzene rings is 2. The zero-order chi connectivity index (χ0) is 24.2. The molecule has 0 unspecified atom stereocenters. The highest BCUT2D eigenvalue weighted by molar-refractivity contribution is 6.42. The number of hydrogen-bond acceptors (Lipinski definition) is 3. The zero-order valence-corrected chi connectivity index (χ0v) is 21.6. The Bertz CT molecular complexity index is 1010. The molecule has 0 bridgehead atoms. The predicted molar refractivity (Wildman–Crippen MR) is 139 cm³/mol. The van der Waals surface area contributed by atoms with E-state index in [4.69, 9.17) is 23.2 Å². The molecule has 1 saturated heterocycles. The lowest BCUT2D eigenvalue weighted by atomic mass is 9.80. The predicted octanol–water partition coefficient (Wildman–Crippen LogP) is 6.74. The van der Waals surface area contributed by atoms with E-state index in [1.165, 1.54) is 11.1 Å². The number of nitrogens with zero attached hydrogens (tertiary/aromatic N) is 2. The molecule has 2 fully saturated rings. The maximum atomic E-state index is 12.7. The number of rotatable bonds is 6. The van der Waals surface area contributed by atoms with Gasteiger partial charge in [0.05, 0.1) is 10.0 Å². The molecule has 1 aliphatic heterocycles. The number of ketones is 1. The molecule has 1 saturated carbocycles. The molecule has 4 rings (SSSR count). The molecule has 6 heteroatoms. The molecule has 0 spiro atoms. The number of piperidine rings is 1. The fraction of sp³-hybridized carbons (Fsp3) is 0.500. The van der Waals surface area contributed by atoms with Gasteiger partial charge in [0.2, 0.25) is 5.91 Å². The van der Waals surface area contributed by atoms with Crippen molar-refractivity contribution in [3.05, 3.63) is 69.2 Å². The van der Waals surface area contributed by atoms with Crippen molar-refractivity contribution in [1.29, 1.82) is 0 Å². The second-order valence-corrected chi connectivity index (χ2v) is 10.7. The van der Waals surface area contributed by atoms with E-state index in [1.807, 2.05) is 30.3 Å². The van der Waals surface area contributed by atoms with Crippen molar-refractivity contribution < 1.29 is 9.59 Å². The zero-order valence-electron chi connectivity index (χ0n) is 20.1. The lowest BCUT2D eigenvalue weighted by Crippen LogP contribution is -2.51. The number of carbonyl (C=O) groups excluding carboxylic acids is 2. The maximum Gasteiger partial charge on any atom is 0.219 e. The third-order valence-electron chi connectivity index (χ3n) is 7.58. The van der Waals surface area contributed by atoms with Crippen LogP contribution in [0, 0.1) is 0 Å². The second kappa shape index (κ2) is 11.2. The van der Waals surface area contributed by atoms with Crippen molar-refractivity contribution in [2.24, 2.45) is 0 Å². The summed E-state index contributed by atoms with van der Waals surface area (Å²) in [5.41, 5.74) is 3.25. The SMILES string of the molecule is CC(=O)c1ccc(C2CCC(N(C(C)=O)C3CCN(Cc4ccc(Cl)c(Cl)c4)CC3)CC2)cc1. The van der Waals surface area contributed by atoms with E-state index in [0.29, 0.717) is 28.0 Å². The van der Waals surface area contributed by atoms with Crippen LogP contribution in [0.2, 0.25) is 10.0 Å². The minimum Gasteiger partial charge on any atom is -0.337 e. The van der Waals surface area contributed by atoms with Gasteiger partial charge in [0, 0.05) is 44.2 Å². The Hall–Kier alpha value is -1.88. The number of amides is 1. The smallest absolute Gasteiger partial charge is 0.219 e. The molecular weight excluding hydrogens is 467 g/mol. The van der Waals surface area contributed by atoms with E-state index >= 15 is 0 Å². The monoisotopic (exact) mass is 500 g/mol. The summed E-state index contributed by atoms with van der Waals surface area (Å²) in [4.78, 5) is 28.9. The highest BCUT2D eigenvalue weighted by Gasteiger charge is 2.34. The summed E-state index contributed by atoms with van der Waals surface area (Å²) in [6, 6.07) is 14.6. The minimum atomic E-state index is 0.107. The summed E-state index contributed by atoms with van der Waals surface area (Å²) in [6.07, 6.45) is 6.28. The van der Waals surface area contributed by atoms with Crippen molar-refractivity contribution in [3.63, 3.8) is 0 Å². The van der Waals surface area contributed by atoms with Gasteiger partial charge in [-0.3, -0.25) is 14.5 Å². The second-order valence-electron chi connectivity index (χ2n) is 9.87. The molecule has 0 radical (unpaired) electrons. The van der Waals surface area contributed by atoms with Crippen LogP contribution >= 0.6 is 23.2 Å². The quantitative estimate of drug-likeness (QED) is 0.412. The van der Waals surface area contributed by atoms with Gasteiger partial charge >= 0.3 is 0 Å². The molecule has 1 heterocycles. The van der Waals surface area contributed by atoms with Crippen molar-refractivity contribution in [1.82, 2.24) is 9.80 Å². The Labute approximate surface area is 213 Å². The molecule has 2 aromatic carbocycles. The molecule has 34 heavy (non-hydrogen) atoms. The first-order valence-corrected chi connectivity index (χ1v) is 13.1. The van der Waals surface area contributed by atoms with E-state index in [2.05, 4.69) is 21.9 Å². The summed E-state index contributed by atoms with van der Waals surface area (Å²) in [5.74, 6) is 0.826. The van der Waals surface area contributed by atoms with Crippen molar-refractivity contribution in [2.75, 3.05) is 13.1 Å². The summed E-state index contributed by atoms with van der Waals surface area (Å²) >= 11 is 12.2. The van der Waals surface area contributed by atoms with Gasteiger partial charge in [0.25, 0.3) is 0 Å². The molecule has 1 aliphatic carbocycles. The lowest BCUT2D eigenvalue weighted by Gasteiger charge is -2.44. The number of Topliss-reactive ketones (excluding diaryl/α,β-unsaturated/α-hetero) is 1. The topological polar surface area (TPSA) is 40.6 Å².